The minimum atomic E-state index is -0.463. The van der Waals surface area contributed by atoms with Crippen LogP contribution in [0, 0.1) is 0 Å². The number of carbonyl (C=O) groups is 2. The molecule has 10 nitrogen and oxygen atoms in total. The van der Waals surface area contributed by atoms with E-state index in [2.05, 4.69) is 35.6 Å². The second kappa shape index (κ2) is 7.84. The number of imidazole rings is 2. The fourth-order valence-corrected chi connectivity index (χ4v) is 3.38. The smallest absolute Gasteiger partial charge is 0.276 e. The van der Waals surface area contributed by atoms with Crippen molar-refractivity contribution in [2.75, 3.05) is 17.7 Å². The van der Waals surface area contributed by atoms with E-state index in [0.29, 0.717) is 33.8 Å². The van der Waals surface area contributed by atoms with E-state index in [1.165, 1.54) is 13.3 Å². The lowest BCUT2D eigenvalue weighted by Crippen LogP contribution is -2.15. The lowest BCUT2D eigenvalue weighted by molar-refractivity contribution is 0.101. The van der Waals surface area contributed by atoms with Crippen LogP contribution in [0.15, 0.2) is 60.9 Å². The fourth-order valence-electron chi connectivity index (χ4n) is 3.38. The first-order valence-corrected chi connectivity index (χ1v) is 9.67. The Kier molecular flexibility index (Phi) is 4.71. The Morgan fingerprint density at radius 2 is 1.81 bits per heavy atom. The average molecular weight is 427 g/mol. The van der Waals surface area contributed by atoms with Crippen LogP contribution in [0.4, 0.5) is 11.9 Å². The highest BCUT2D eigenvalue weighted by Gasteiger charge is 2.17. The minimum Gasteiger partial charge on any atom is -0.496 e. The van der Waals surface area contributed by atoms with Gasteiger partial charge in [0.25, 0.3) is 11.8 Å². The predicted molar refractivity (Wildman–Crippen MR) is 119 cm³/mol. The first-order valence-electron chi connectivity index (χ1n) is 9.67. The van der Waals surface area contributed by atoms with Gasteiger partial charge in [-0.05, 0) is 24.3 Å². The number of H-pyrrole nitrogens is 2. The molecular formula is C22H17N7O3. The van der Waals surface area contributed by atoms with Crippen LogP contribution in [0.3, 0.4) is 0 Å². The Hall–Kier alpha value is -4.73. The molecule has 3 heterocycles. The van der Waals surface area contributed by atoms with Crippen LogP contribution in [0.25, 0.3) is 21.9 Å². The van der Waals surface area contributed by atoms with Gasteiger partial charge in [0.15, 0.2) is 0 Å². The van der Waals surface area contributed by atoms with Gasteiger partial charge in [-0.3, -0.25) is 20.2 Å². The molecule has 0 radical (unpaired) electrons. The van der Waals surface area contributed by atoms with E-state index >= 15 is 0 Å². The number of ether oxygens (including phenoxy) is 1. The quantitative estimate of drug-likeness (QED) is 0.339. The SMILES string of the molecule is COc1cc(C(=O)Nc2nc3c(C(=O)Nc4ncc[nH]4)cccc3[nH]2)nc2ccccc12. The van der Waals surface area contributed by atoms with Crippen LogP contribution in [-0.2, 0) is 0 Å². The molecule has 0 atom stereocenters. The van der Waals surface area contributed by atoms with Crippen molar-refractivity contribution in [3.8, 4) is 5.75 Å². The summed E-state index contributed by atoms with van der Waals surface area (Å²) in [6.07, 6.45) is 3.14. The molecule has 2 aromatic carbocycles. The summed E-state index contributed by atoms with van der Waals surface area (Å²) in [6.45, 7) is 0. The molecule has 0 aliphatic heterocycles. The van der Waals surface area contributed by atoms with Crippen LogP contribution in [0.5, 0.6) is 5.75 Å². The van der Waals surface area contributed by atoms with Crippen molar-refractivity contribution >= 4 is 45.6 Å². The predicted octanol–water partition coefficient (Wildman–Crippen LogP) is 3.35. The second-order valence-electron chi connectivity index (χ2n) is 6.86. The standard InChI is InChI=1S/C22H17N7O3/c1-32-17-11-16(25-14-7-3-2-5-12(14)17)20(31)29-22-26-15-8-4-6-13(18(15)27-22)19(30)28-21-23-9-10-24-21/h2-11H,1H3,(H2,23,24,28,30)(H2,26,27,29,31). The maximum absolute atomic E-state index is 12.9. The number of aromatic amines is 2. The normalized spacial score (nSPS) is 10.9. The second-order valence-corrected chi connectivity index (χ2v) is 6.86. The molecule has 3 aromatic heterocycles. The van der Waals surface area contributed by atoms with Crippen molar-refractivity contribution in [1.29, 1.82) is 0 Å². The minimum absolute atomic E-state index is 0.178. The van der Waals surface area contributed by atoms with Crippen molar-refractivity contribution in [3.05, 3.63) is 72.2 Å². The third kappa shape index (κ3) is 3.49. The largest absolute Gasteiger partial charge is 0.496 e. The molecule has 32 heavy (non-hydrogen) atoms. The monoisotopic (exact) mass is 427 g/mol. The zero-order chi connectivity index (χ0) is 22.1. The highest BCUT2D eigenvalue weighted by atomic mass is 16.5. The zero-order valence-electron chi connectivity index (χ0n) is 16.8. The van der Waals surface area contributed by atoms with Gasteiger partial charge < -0.3 is 14.7 Å². The van der Waals surface area contributed by atoms with E-state index in [1.807, 2.05) is 18.2 Å². The first-order chi connectivity index (χ1) is 15.6. The van der Waals surface area contributed by atoms with E-state index in [4.69, 9.17) is 4.74 Å². The van der Waals surface area contributed by atoms with Crippen LogP contribution < -0.4 is 15.4 Å². The highest BCUT2D eigenvalue weighted by molar-refractivity contribution is 6.11. The van der Waals surface area contributed by atoms with Gasteiger partial charge in [0.2, 0.25) is 11.9 Å². The Bertz CT molecular complexity index is 1460. The number of hydrogen-bond acceptors (Lipinski definition) is 6. The number of rotatable bonds is 5. The molecule has 0 spiro atoms. The summed E-state index contributed by atoms with van der Waals surface area (Å²) in [4.78, 5) is 44.1. The summed E-state index contributed by atoms with van der Waals surface area (Å²) >= 11 is 0. The Morgan fingerprint density at radius 3 is 2.62 bits per heavy atom. The molecule has 4 N–H and O–H groups in total. The van der Waals surface area contributed by atoms with Gasteiger partial charge in [-0.25, -0.2) is 15.0 Å². The number of anilines is 2. The number of aromatic nitrogens is 5. The Morgan fingerprint density at radius 1 is 0.969 bits per heavy atom. The van der Waals surface area contributed by atoms with Gasteiger partial charge in [0.1, 0.15) is 17.0 Å². The topological polar surface area (TPSA) is 138 Å². The molecular weight excluding hydrogens is 410 g/mol. The maximum Gasteiger partial charge on any atom is 0.276 e. The molecule has 0 aliphatic carbocycles. The summed E-state index contributed by atoms with van der Waals surface area (Å²) in [6, 6.07) is 14.1. The number of benzene rings is 2. The van der Waals surface area contributed by atoms with Crippen LogP contribution in [0.2, 0.25) is 0 Å². The number of hydrogen-bond donors (Lipinski definition) is 4. The van der Waals surface area contributed by atoms with E-state index in [-0.39, 0.29) is 17.5 Å². The van der Waals surface area contributed by atoms with Gasteiger partial charge in [0.05, 0.1) is 23.7 Å². The van der Waals surface area contributed by atoms with Gasteiger partial charge >= 0.3 is 0 Å². The number of methoxy groups -OCH3 is 1. The van der Waals surface area contributed by atoms with Crippen molar-refractivity contribution in [1.82, 2.24) is 24.9 Å². The molecule has 0 unspecified atom stereocenters. The molecule has 5 rings (SSSR count). The number of nitrogens with one attached hydrogen (secondary N) is 4. The summed E-state index contributed by atoms with van der Waals surface area (Å²) in [5, 5.41) is 6.17. The van der Waals surface area contributed by atoms with Crippen molar-refractivity contribution in [2.45, 2.75) is 0 Å². The highest BCUT2D eigenvalue weighted by Crippen LogP contribution is 2.26. The Labute approximate surface area is 181 Å². The number of amides is 2. The van der Waals surface area contributed by atoms with Gasteiger partial charge in [-0.15, -0.1) is 0 Å². The summed E-state index contributed by atoms with van der Waals surface area (Å²) < 4.78 is 5.41. The average Bonchev–Trinajstić information content (AvgIpc) is 3.47. The number of pyridine rings is 1. The van der Waals surface area contributed by atoms with E-state index in [0.717, 1.165) is 5.39 Å². The molecule has 0 bridgehead atoms. The Balaban J connectivity index is 1.44. The molecule has 0 aliphatic rings. The van der Waals surface area contributed by atoms with Crippen LogP contribution in [0.1, 0.15) is 20.8 Å². The maximum atomic E-state index is 12.9. The molecule has 2 amide bonds. The molecule has 158 valence electrons. The van der Waals surface area contributed by atoms with E-state index < -0.39 is 5.91 Å². The summed E-state index contributed by atoms with van der Waals surface area (Å²) in [5.41, 5.74) is 2.16. The van der Waals surface area contributed by atoms with Crippen molar-refractivity contribution < 1.29 is 14.3 Å². The van der Waals surface area contributed by atoms with Crippen LogP contribution >= 0.6 is 0 Å². The van der Waals surface area contributed by atoms with Gasteiger partial charge in [0, 0.05) is 23.8 Å². The lowest BCUT2D eigenvalue weighted by Gasteiger charge is -2.08. The fraction of sp³-hybridized carbons (Fsp3) is 0.0455. The number of carbonyl (C=O) groups excluding carboxylic acids is 2. The molecule has 0 saturated carbocycles. The molecule has 10 heteroatoms. The number of nitrogens with zero attached hydrogens (tertiary/aromatic N) is 3. The van der Waals surface area contributed by atoms with E-state index in [9.17, 15) is 9.59 Å². The van der Waals surface area contributed by atoms with Gasteiger partial charge in [-0.1, -0.05) is 18.2 Å². The first kappa shape index (κ1) is 19.2. The van der Waals surface area contributed by atoms with E-state index in [1.54, 1.807) is 36.5 Å². The van der Waals surface area contributed by atoms with Crippen molar-refractivity contribution in [2.24, 2.45) is 0 Å². The third-order valence-electron chi connectivity index (χ3n) is 4.85. The summed E-state index contributed by atoms with van der Waals surface area (Å²) in [7, 11) is 1.54. The zero-order valence-corrected chi connectivity index (χ0v) is 16.8. The lowest BCUT2D eigenvalue weighted by atomic mass is 10.2. The molecule has 0 saturated heterocycles. The molecule has 5 aromatic rings. The van der Waals surface area contributed by atoms with Crippen LogP contribution in [-0.4, -0.2) is 43.8 Å². The van der Waals surface area contributed by atoms with Gasteiger partial charge in [-0.2, -0.15) is 0 Å². The van der Waals surface area contributed by atoms with Crippen molar-refractivity contribution in [3.63, 3.8) is 0 Å². The number of para-hydroxylation sites is 2. The number of fused-ring (bicyclic) bond motifs is 2. The third-order valence-corrected chi connectivity index (χ3v) is 4.85. The molecule has 0 fully saturated rings. The summed E-state index contributed by atoms with van der Waals surface area (Å²) in [5.74, 6) is 0.220.